The molecule has 0 aliphatic rings. The van der Waals surface area contributed by atoms with Crippen molar-refractivity contribution in [2.24, 2.45) is 0 Å². The lowest BCUT2D eigenvalue weighted by Gasteiger charge is -2.17. The molecule has 4 heteroatoms. The first-order chi connectivity index (χ1) is 10.3. The molecule has 22 heavy (non-hydrogen) atoms. The number of nitrogens with zero attached hydrogens (tertiary/aromatic N) is 1. The number of benzene rings is 1. The number of carbonyl (C=O) groups excluding carboxylic acids is 1. The molecule has 0 amide bonds. The fraction of sp³-hybridized carbons (Fsp3) is 0.222. The Hall–Kier alpha value is -2.62. The van der Waals surface area contributed by atoms with Gasteiger partial charge in [0.15, 0.2) is 6.20 Å². The minimum absolute atomic E-state index is 0.380. The largest absolute Gasteiger partial charge is 0.618 e. The summed E-state index contributed by atoms with van der Waals surface area (Å²) in [6, 6.07) is 13.2. The molecule has 114 valence electrons. The average molecular weight is 297 g/mol. The third-order valence-corrected chi connectivity index (χ3v) is 2.85. The maximum atomic E-state index is 12.0. The van der Waals surface area contributed by atoms with Crippen molar-refractivity contribution in [1.29, 1.82) is 0 Å². The number of aromatic nitrogens is 1. The third-order valence-electron chi connectivity index (χ3n) is 2.85. The molecule has 1 aromatic carbocycles. The molecular formula is C18H19NO3. The quantitative estimate of drug-likeness (QED) is 0.378. The van der Waals surface area contributed by atoms with Gasteiger partial charge in [0.1, 0.15) is 5.60 Å². The van der Waals surface area contributed by atoms with E-state index in [0.717, 1.165) is 15.9 Å². The lowest BCUT2D eigenvalue weighted by Crippen LogP contribution is -2.29. The number of esters is 1. The van der Waals surface area contributed by atoms with Gasteiger partial charge in [0.25, 0.3) is 0 Å². The first kappa shape index (κ1) is 15.8. The molecule has 0 spiro atoms. The number of pyridine rings is 1. The van der Waals surface area contributed by atoms with E-state index in [1.165, 1.54) is 18.3 Å². The maximum absolute atomic E-state index is 12.0. The van der Waals surface area contributed by atoms with Crippen LogP contribution in [-0.2, 0) is 9.53 Å². The topological polar surface area (TPSA) is 53.2 Å². The summed E-state index contributed by atoms with van der Waals surface area (Å²) >= 11 is 0. The Morgan fingerprint density at radius 3 is 2.36 bits per heavy atom. The standard InChI is InChI=1S/C18H19NO3/c1-18(2,3)22-17(20)12-11-16-10-9-15(13-19(16)21)14-7-5-4-6-8-14/h4-13H,1-3H3/b12-11+. The van der Waals surface area contributed by atoms with Gasteiger partial charge in [-0.05, 0) is 32.4 Å². The molecule has 0 aliphatic carbocycles. The Labute approximate surface area is 130 Å². The Balaban J connectivity index is 2.15. The minimum atomic E-state index is -0.550. The van der Waals surface area contributed by atoms with Gasteiger partial charge in [0, 0.05) is 23.8 Å². The molecule has 4 nitrogen and oxygen atoms in total. The van der Waals surface area contributed by atoms with Crippen molar-refractivity contribution in [1.82, 2.24) is 0 Å². The summed E-state index contributed by atoms with van der Waals surface area (Å²) in [7, 11) is 0. The summed E-state index contributed by atoms with van der Waals surface area (Å²) in [5, 5.41) is 12.0. The number of hydrogen-bond donors (Lipinski definition) is 0. The number of carbonyl (C=O) groups is 1. The first-order valence-corrected chi connectivity index (χ1v) is 7.05. The van der Waals surface area contributed by atoms with Crippen LogP contribution in [0.15, 0.2) is 54.7 Å². The van der Waals surface area contributed by atoms with Crippen molar-refractivity contribution in [2.75, 3.05) is 0 Å². The van der Waals surface area contributed by atoms with Gasteiger partial charge in [-0.25, -0.2) is 4.79 Å². The van der Waals surface area contributed by atoms with Gasteiger partial charge in [0.2, 0.25) is 5.69 Å². The smallest absolute Gasteiger partial charge is 0.331 e. The average Bonchev–Trinajstić information content (AvgIpc) is 2.45. The zero-order chi connectivity index (χ0) is 16.2. The minimum Gasteiger partial charge on any atom is -0.618 e. The monoisotopic (exact) mass is 297 g/mol. The van der Waals surface area contributed by atoms with Gasteiger partial charge in [-0.15, -0.1) is 0 Å². The second-order valence-electron chi connectivity index (χ2n) is 5.90. The highest BCUT2D eigenvalue weighted by molar-refractivity contribution is 5.86. The highest BCUT2D eigenvalue weighted by Crippen LogP contribution is 2.17. The maximum Gasteiger partial charge on any atom is 0.331 e. The Morgan fingerprint density at radius 1 is 1.09 bits per heavy atom. The molecule has 1 aromatic heterocycles. The summed E-state index contributed by atoms with van der Waals surface area (Å²) in [5.74, 6) is -0.473. The van der Waals surface area contributed by atoms with Crippen molar-refractivity contribution in [3.05, 3.63) is 65.6 Å². The van der Waals surface area contributed by atoms with E-state index in [4.69, 9.17) is 4.74 Å². The van der Waals surface area contributed by atoms with Crippen LogP contribution >= 0.6 is 0 Å². The van der Waals surface area contributed by atoms with E-state index in [2.05, 4.69) is 0 Å². The fourth-order valence-electron chi connectivity index (χ4n) is 1.91. The van der Waals surface area contributed by atoms with Crippen LogP contribution in [-0.4, -0.2) is 11.6 Å². The second-order valence-corrected chi connectivity index (χ2v) is 5.90. The van der Waals surface area contributed by atoms with Crippen LogP contribution in [0.3, 0.4) is 0 Å². The third kappa shape index (κ3) is 4.45. The highest BCUT2D eigenvalue weighted by atomic mass is 16.6. The number of hydrogen-bond acceptors (Lipinski definition) is 3. The first-order valence-electron chi connectivity index (χ1n) is 7.05. The van der Waals surface area contributed by atoms with Crippen molar-refractivity contribution in [3.8, 4) is 11.1 Å². The summed E-state index contributed by atoms with van der Waals surface area (Å²) in [6.07, 6.45) is 4.21. The van der Waals surface area contributed by atoms with E-state index < -0.39 is 11.6 Å². The molecule has 0 bridgehead atoms. The van der Waals surface area contributed by atoms with Crippen molar-refractivity contribution in [3.63, 3.8) is 0 Å². The van der Waals surface area contributed by atoms with Gasteiger partial charge in [0.05, 0.1) is 0 Å². The van der Waals surface area contributed by atoms with Gasteiger partial charge < -0.3 is 9.94 Å². The number of rotatable bonds is 3. The predicted octanol–water partition coefficient (Wildman–Crippen LogP) is 3.34. The van der Waals surface area contributed by atoms with Crippen LogP contribution in [0.4, 0.5) is 0 Å². The highest BCUT2D eigenvalue weighted by Gasteiger charge is 2.14. The van der Waals surface area contributed by atoms with Gasteiger partial charge >= 0.3 is 5.97 Å². The van der Waals surface area contributed by atoms with E-state index in [9.17, 15) is 10.0 Å². The number of ether oxygens (including phenoxy) is 1. The van der Waals surface area contributed by atoms with Crippen LogP contribution in [0.1, 0.15) is 26.5 Å². The van der Waals surface area contributed by atoms with Crippen LogP contribution < -0.4 is 4.73 Å². The van der Waals surface area contributed by atoms with Crippen LogP contribution in [0.25, 0.3) is 17.2 Å². The molecular weight excluding hydrogens is 278 g/mol. The Morgan fingerprint density at radius 2 is 1.77 bits per heavy atom. The lowest BCUT2D eigenvalue weighted by atomic mass is 10.1. The van der Waals surface area contributed by atoms with Crippen LogP contribution in [0, 0.1) is 5.21 Å². The van der Waals surface area contributed by atoms with Crippen molar-refractivity contribution < 1.29 is 14.3 Å². The van der Waals surface area contributed by atoms with Gasteiger partial charge in [-0.2, -0.15) is 4.73 Å². The normalized spacial score (nSPS) is 11.6. The van der Waals surface area contributed by atoms with Crippen LogP contribution in [0.5, 0.6) is 0 Å². The molecule has 0 fully saturated rings. The zero-order valence-electron chi connectivity index (χ0n) is 12.9. The molecule has 0 atom stereocenters. The summed E-state index contributed by atoms with van der Waals surface area (Å²) in [6.45, 7) is 5.38. The molecule has 0 radical (unpaired) electrons. The lowest BCUT2D eigenvalue weighted by molar-refractivity contribution is -0.606. The van der Waals surface area contributed by atoms with E-state index in [-0.39, 0.29) is 0 Å². The predicted molar refractivity (Wildman–Crippen MR) is 85.7 cm³/mol. The second kappa shape index (κ2) is 6.43. The van der Waals surface area contributed by atoms with E-state index >= 15 is 0 Å². The molecule has 0 unspecified atom stereocenters. The fourth-order valence-corrected chi connectivity index (χ4v) is 1.91. The molecule has 0 saturated heterocycles. The molecule has 2 aromatic rings. The SMILES string of the molecule is CC(C)(C)OC(=O)/C=C/c1ccc(-c2ccccc2)c[n+]1[O-]. The van der Waals surface area contributed by atoms with Crippen LogP contribution in [0.2, 0.25) is 0 Å². The van der Waals surface area contributed by atoms with Crippen molar-refractivity contribution in [2.45, 2.75) is 26.4 Å². The zero-order valence-corrected chi connectivity index (χ0v) is 12.9. The molecule has 0 saturated carbocycles. The van der Waals surface area contributed by atoms with Gasteiger partial charge in [-0.3, -0.25) is 0 Å². The summed E-state index contributed by atoms with van der Waals surface area (Å²) < 4.78 is 5.89. The summed E-state index contributed by atoms with van der Waals surface area (Å²) in [5.41, 5.74) is 1.62. The Bertz CT molecular complexity index is 685. The molecule has 0 N–H and O–H groups in total. The molecule has 0 aliphatic heterocycles. The van der Waals surface area contributed by atoms with E-state index in [1.54, 1.807) is 26.8 Å². The van der Waals surface area contributed by atoms with E-state index in [1.807, 2.05) is 36.4 Å². The van der Waals surface area contributed by atoms with Gasteiger partial charge in [-0.1, -0.05) is 30.3 Å². The molecule has 1 heterocycles. The Kier molecular flexibility index (Phi) is 4.61. The van der Waals surface area contributed by atoms with Crippen molar-refractivity contribution >= 4 is 12.0 Å². The van der Waals surface area contributed by atoms with E-state index in [0.29, 0.717) is 5.69 Å². The summed E-state index contributed by atoms with van der Waals surface area (Å²) in [4.78, 5) is 11.6. The molecule has 2 rings (SSSR count).